The zero-order valence-electron chi connectivity index (χ0n) is 25.8. The Kier molecular flexibility index (Phi) is 7.95. The second-order valence-corrected chi connectivity index (χ2v) is 12.4. The zero-order chi connectivity index (χ0) is 28.5. The normalized spacial score (nSPS) is 21.6. The maximum absolute atomic E-state index is 3.84. The van der Waals surface area contributed by atoms with Crippen molar-refractivity contribution >= 4 is 17.1 Å². The molecule has 0 spiro atoms. The second-order valence-electron chi connectivity index (χ2n) is 12.4. The van der Waals surface area contributed by atoms with Crippen molar-refractivity contribution in [2.45, 2.75) is 85.0 Å². The van der Waals surface area contributed by atoms with Crippen molar-refractivity contribution in [3.05, 3.63) is 107 Å². The number of allylic oxidation sites excluding steroid dienone is 7. The summed E-state index contributed by atoms with van der Waals surface area (Å²) in [5.74, 6) is 0. The molecule has 0 saturated carbocycles. The van der Waals surface area contributed by atoms with E-state index in [4.69, 9.17) is 0 Å². The van der Waals surface area contributed by atoms with Crippen LogP contribution in [0.2, 0.25) is 0 Å². The molecule has 0 amide bonds. The Morgan fingerprint density at radius 1 is 0.850 bits per heavy atom. The lowest BCUT2D eigenvalue weighted by Gasteiger charge is -2.27. The molecule has 2 aliphatic heterocycles. The first kappa shape index (κ1) is 28.2. The van der Waals surface area contributed by atoms with Gasteiger partial charge in [0.15, 0.2) is 5.71 Å². The predicted molar refractivity (Wildman–Crippen MR) is 172 cm³/mol. The summed E-state index contributed by atoms with van der Waals surface area (Å²) in [5.41, 5.74) is 12.5. The van der Waals surface area contributed by atoms with E-state index >= 15 is 0 Å². The Labute approximate surface area is 242 Å². The Morgan fingerprint density at radius 3 is 2.30 bits per heavy atom. The van der Waals surface area contributed by atoms with Crippen molar-refractivity contribution in [1.82, 2.24) is 5.32 Å². The molecule has 1 aliphatic carbocycles. The third-order valence-electron chi connectivity index (χ3n) is 9.20. The van der Waals surface area contributed by atoms with Crippen LogP contribution in [0.4, 0.5) is 11.4 Å². The van der Waals surface area contributed by atoms with Gasteiger partial charge in [0.05, 0.1) is 5.41 Å². The monoisotopic (exact) mass is 534 g/mol. The molecule has 210 valence electrons. The average molecular weight is 535 g/mol. The van der Waals surface area contributed by atoms with Gasteiger partial charge in [-0.15, -0.1) is 0 Å². The second kappa shape index (κ2) is 11.3. The molecule has 3 heteroatoms. The molecule has 0 unspecified atom stereocenters. The zero-order valence-corrected chi connectivity index (χ0v) is 25.8. The molecule has 2 heterocycles. The van der Waals surface area contributed by atoms with Gasteiger partial charge in [-0.3, -0.25) is 0 Å². The third-order valence-corrected chi connectivity index (χ3v) is 9.20. The molecule has 0 aromatic heterocycles. The van der Waals surface area contributed by atoms with Gasteiger partial charge in [-0.25, -0.2) is 0 Å². The molecule has 3 aliphatic rings. The van der Waals surface area contributed by atoms with Crippen LogP contribution in [0.25, 0.3) is 0 Å². The van der Waals surface area contributed by atoms with E-state index < -0.39 is 0 Å². The van der Waals surface area contributed by atoms with Gasteiger partial charge >= 0.3 is 0 Å². The van der Waals surface area contributed by atoms with Crippen molar-refractivity contribution in [2.75, 3.05) is 24.5 Å². The van der Waals surface area contributed by atoms with Gasteiger partial charge < -0.3 is 10.2 Å². The molecule has 2 aromatic rings. The Bertz CT molecular complexity index is 1430. The minimum absolute atomic E-state index is 0.00883. The highest BCUT2D eigenvalue weighted by atomic mass is 15.2. The summed E-state index contributed by atoms with van der Waals surface area (Å²) < 4.78 is 2.49. The number of anilines is 1. The summed E-state index contributed by atoms with van der Waals surface area (Å²) in [5, 5.41) is 3.84. The van der Waals surface area contributed by atoms with Crippen LogP contribution in [-0.2, 0) is 10.8 Å². The Balaban J connectivity index is 1.54. The lowest BCUT2D eigenvalue weighted by Crippen LogP contribution is -2.27. The fourth-order valence-corrected chi connectivity index (χ4v) is 7.06. The number of nitrogens with one attached hydrogen (secondary N) is 1. The lowest BCUT2D eigenvalue weighted by atomic mass is 9.81. The van der Waals surface area contributed by atoms with Crippen LogP contribution in [0.5, 0.6) is 0 Å². The molecular formula is C37H48N3+. The van der Waals surface area contributed by atoms with E-state index in [1.807, 2.05) is 0 Å². The van der Waals surface area contributed by atoms with Crippen LogP contribution >= 0.6 is 0 Å². The van der Waals surface area contributed by atoms with Crippen LogP contribution in [0.1, 0.15) is 85.3 Å². The van der Waals surface area contributed by atoms with E-state index in [1.54, 1.807) is 0 Å². The minimum Gasteiger partial charge on any atom is -0.385 e. The van der Waals surface area contributed by atoms with E-state index in [9.17, 15) is 0 Å². The van der Waals surface area contributed by atoms with Crippen LogP contribution in [0, 0.1) is 0 Å². The molecule has 3 nitrogen and oxygen atoms in total. The van der Waals surface area contributed by atoms with Gasteiger partial charge in [-0.2, -0.15) is 4.58 Å². The van der Waals surface area contributed by atoms with Crippen LogP contribution in [0.3, 0.4) is 0 Å². The van der Waals surface area contributed by atoms with E-state index in [-0.39, 0.29) is 10.8 Å². The summed E-state index contributed by atoms with van der Waals surface area (Å²) in [7, 11) is 0. The van der Waals surface area contributed by atoms with Crippen LogP contribution < -0.4 is 10.2 Å². The molecule has 0 saturated heterocycles. The minimum atomic E-state index is -0.00883. The number of fused-ring (bicyclic) bond motifs is 2. The Morgan fingerprint density at radius 2 is 1.57 bits per heavy atom. The first-order chi connectivity index (χ1) is 19.2. The van der Waals surface area contributed by atoms with E-state index in [0.717, 1.165) is 38.9 Å². The molecule has 5 rings (SSSR count). The average Bonchev–Trinajstić information content (AvgIpc) is 3.32. The largest absolute Gasteiger partial charge is 0.385 e. The number of rotatable bonds is 8. The van der Waals surface area contributed by atoms with Gasteiger partial charge in [-0.1, -0.05) is 69.3 Å². The highest BCUT2D eigenvalue weighted by Crippen LogP contribution is 2.47. The summed E-state index contributed by atoms with van der Waals surface area (Å²) in [4.78, 5) is 2.49. The fraction of sp³-hybridized carbons (Fsp3) is 0.432. The van der Waals surface area contributed by atoms with E-state index in [1.165, 1.54) is 57.2 Å². The van der Waals surface area contributed by atoms with Gasteiger partial charge in [0.25, 0.3) is 0 Å². The maximum atomic E-state index is 3.84. The third kappa shape index (κ3) is 4.78. The standard InChI is InChI=1S/C37H47N3/c1-8-26-38-35-27(22-24-33-36(4,5)29-18-11-13-20-31(29)39(33)9-2)16-15-17-28(35)23-25-34-37(6,7)30-19-12-14-21-32(30)40(34)10-3/h11-14,18-25H,8-10,15-17,26H2,1-7H3/p+1/b27-22+,33-24+. The topological polar surface area (TPSA) is 18.3 Å². The molecule has 40 heavy (non-hydrogen) atoms. The first-order valence-electron chi connectivity index (χ1n) is 15.4. The van der Waals surface area contributed by atoms with Crippen molar-refractivity contribution in [2.24, 2.45) is 0 Å². The first-order valence-corrected chi connectivity index (χ1v) is 15.4. The van der Waals surface area contributed by atoms with Gasteiger partial charge in [0.1, 0.15) is 6.54 Å². The van der Waals surface area contributed by atoms with E-state index in [2.05, 4.69) is 136 Å². The number of hydrogen-bond donors (Lipinski definition) is 1. The Hall–Kier alpha value is -3.33. The molecular weight excluding hydrogens is 486 g/mol. The number of likely N-dealkylation sites (N-methyl/N-ethyl adjacent to an activating group) is 1. The summed E-state index contributed by atoms with van der Waals surface area (Å²) >= 11 is 0. The molecule has 0 radical (unpaired) electrons. The van der Waals surface area contributed by atoms with Gasteiger partial charge in [-0.05, 0) is 82.2 Å². The summed E-state index contributed by atoms with van der Waals surface area (Å²) in [6, 6.07) is 17.8. The van der Waals surface area contributed by atoms with Gasteiger partial charge in [0, 0.05) is 53.3 Å². The SMILES string of the molecule is CCCNC1=C(/C=C/C2=[N+](CC)c3ccccc3C2(C)C)CCC/C1=C\C=C1\N(CC)c2ccccc2C1(C)C. The van der Waals surface area contributed by atoms with Crippen LogP contribution in [-0.4, -0.2) is 29.9 Å². The predicted octanol–water partition coefficient (Wildman–Crippen LogP) is 8.70. The molecule has 0 atom stereocenters. The van der Waals surface area contributed by atoms with Crippen molar-refractivity contribution in [3.8, 4) is 0 Å². The van der Waals surface area contributed by atoms with Crippen LogP contribution in [0.15, 0.2) is 95.4 Å². The summed E-state index contributed by atoms with van der Waals surface area (Å²) in [6.07, 6.45) is 14.2. The smallest absolute Gasteiger partial charge is 0.209 e. The number of para-hydroxylation sites is 2. The van der Waals surface area contributed by atoms with E-state index in [0.29, 0.717) is 0 Å². The summed E-state index contributed by atoms with van der Waals surface area (Å²) in [6.45, 7) is 19.2. The van der Waals surface area contributed by atoms with Gasteiger partial charge in [0.2, 0.25) is 5.69 Å². The van der Waals surface area contributed by atoms with Crippen molar-refractivity contribution in [1.29, 1.82) is 0 Å². The molecule has 2 aromatic carbocycles. The molecule has 1 N–H and O–H groups in total. The number of benzene rings is 2. The van der Waals surface area contributed by atoms with Crippen molar-refractivity contribution in [3.63, 3.8) is 0 Å². The fourth-order valence-electron chi connectivity index (χ4n) is 7.06. The highest BCUT2D eigenvalue weighted by molar-refractivity contribution is 6.03. The number of hydrogen-bond acceptors (Lipinski definition) is 2. The van der Waals surface area contributed by atoms with Crippen molar-refractivity contribution < 1.29 is 4.58 Å². The lowest BCUT2D eigenvalue weighted by molar-refractivity contribution is -0.433. The number of nitrogens with zero attached hydrogens (tertiary/aromatic N) is 2. The maximum Gasteiger partial charge on any atom is 0.209 e. The highest BCUT2D eigenvalue weighted by Gasteiger charge is 2.43. The molecule has 0 fully saturated rings. The molecule has 0 bridgehead atoms. The quantitative estimate of drug-likeness (QED) is 0.341.